The molecule has 110 valence electrons. The van der Waals surface area contributed by atoms with E-state index in [1.54, 1.807) is 47.9 Å². The molecule has 7 heteroatoms. The number of benzene rings is 1. The molecule has 1 aromatic carbocycles. The highest BCUT2D eigenvalue weighted by Gasteiger charge is 2.45. The van der Waals surface area contributed by atoms with Crippen LogP contribution in [0.15, 0.2) is 24.3 Å². The zero-order chi connectivity index (χ0) is 15.0. The number of amides is 1. The second kappa shape index (κ2) is 5.65. The number of fused-ring (bicyclic) bond motifs is 1. The molecular weight excluding hydrogens is 308 g/mol. The minimum Gasteiger partial charge on any atom is -0.462 e. The molecule has 3 rings (SSSR count). The van der Waals surface area contributed by atoms with Crippen LogP contribution < -0.4 is 4.90 Å². The first kappa shape index (κ1) is 14.3. The van der Waals surface area contributed by atoms with Gasteiger partial charge in [-0.25, -0.2) is 4.79 Å². The molecule has 2 aliphatic heterocycles. The van der Waals surface area contributed by atoms with Crippen molar-refractivity contribution < 1.29 is 14.3 Å². The van der Waals surface area contributed by atoms with Gasteiger partial charge in [-0.15, -0.1) is 11.8 Å². The number of hydrogen-bond donors (Lipinski definition) is 0. The molecule has 0 unspecified atom stereocenters. The number of rotatable bonds is 3. The number of thiocarbonyl (C=S) groups is 1. The fourth-order valence-electron chi connectivity index (χ4n) is 2.41. The van der Waals surface area contributed by atoms with E-state index in [-0.39, 0.29) is 17.9 Å². The summed E-state index contributed by atoms with van der Waals surface area (Å²) < 4.78 is 4.94. The van der Waals surface area contributed by atoms with Crippen LogP contribution in [0.4, 0.5) is 5.69 Å². The Hall–Kier alpha value is -1.60. The summed E-state index contributed by atoms with van der Waals surface area (Å²) in [5.41, 5.74) is 1.16. The SMILES string of the molecule is CCOC(=O)c1ccc(N2C(=O)[C@@H]3CSCN3C2=S)cc1. The summed E-state index contributed by atoms with van der Waals surface area (Å²) in [6.07, 6.45) is 0. The Kier molecular flexibility index (Phi) is 3.86. The number of carbonyl (C=O) groups is 2. The van der Waals surface area contributed by atoms with Gasteiger partial charge >= 0.3 is 5.97 Å². The van der Waals surface area contributed by atoms with E-state index >= 15 is 0 Å². The quantitative estimate of drug-likeness (QED) is 0.625. The third-order valence-corrected chi connectivity index (χ3v) is 4.89. The Balaban J connectivity index is 1.83. The highest BCUT2D eigenvalue weighted by Crippen LogP contribution is 2.32. The molecule has 0 aliphatic carbocycles. The number of hydrogen-bond acceptors (Lipinski definition) is 5. The number of carbonyl (C=O) groups excluding carboxylic acids is 2. The van der Waals surface area contributed by atoms with Gasteiger partial charge in [0.2, 0.25) is 0 Å². The van der Waals surface area contributed by atoms with Crippen LogP contribution >= 0.6 is 24.0 Å². The van der Waals surface area contributed by atoms with E-state index in [9.17, 15) is 9.59 Å². The van der Waals surface area contributed by atoms with Crippen molar-refractivity contribution in [1.82, 2.24) is 4.90 Å². The number of ether oxygens (including phenoxy) is 1. The molecule has 2 fully saturated rings. The largest absolute Gasteiger partial charge is 0.462 e. The summed E-state index contributed by atoms with van der Waals surface area (Å²) in [4.78, 5) is 27.5. The fraction of sp³-hybridized carbons (Fsp3) is 0.357. The molecule has 1 amide bonds. The summed E-state index contributed by atoms with van der Waals surface area (Å²) in [7, 11) is 0. The Morgan fingerprint density at radius 3 is 2.76 bits per heavy atom. The molecule has 21 heavy (non-hydrogen) atoms. The second-order valence-electron chi connectivity index (χ2n) is 4.71. The lowest BCUT2D eigenvalue weighted by atomic mass is 10.2. The Labute approximate surface area is 132 Å². The number of esters is 1. The van der Waals surface area contributed by atoms with Crippen molar-refractivity contribution in [2.24, 2.45) is 0 Å². The number of anilines is 1. The standard InChI is InChI=1S/C14H14N2O3S2/c1-2-19-13(18)9-3-5-10(6-4-9)16-12(17)11-7-21-8-15(11)14(16)20/h3-6,11H,2,7-8H2,1H3/t11-/m0/s1. The lowest BCUT2D eigenvalue weighted by Gasteiger charge is -2.18. The minimum absolute atomic E-state index is 0.00823. The monoisotopic (exact) mass is 322 g/mol. The average Bonchev–Trinajstić information content (AvgIpc) is 3.05. The summed E-state index contributed by atoms with van der Waals surface area (Å²) in [5.74, 6) is 1.17. The lowest BCUT2D eigenvalue weighted by Crippen LogP contribution is -2.32. The van der Waals surface area contributed by atoms with E-state index in [1.165, 1.54) is 0 Å². The molecule has 1 aromatic rings. The highest BCUT2D eigenvalue weighted by molar-refractivity contribution is 7.99. The van der Waals surface area contributed by atoms with Crippen LogP contribution in [0.2, 0.25) is 0 Å². The Morgan fingerprint density at radius 2 is 2.14 bits per heavy atom. The summed E-state index contributed by atoms with van der Waals surface area (Å²) in [6, 6.07) is 6.62. The van der Waals surface area contributed by atoms with Gasteiger partial charge in [-0.3, -0.25) is 9.69 Å². The van der Waals surface area contributed by atoms with E-state index in [1.807, 2.05) is 4.90 Å². The van der Waals surface area contributed by atoms with Crippen LogP contribution in [0.5, 0.6) is 0 Å². The predicted molar refractivity (Wildman–Crippen MR) is 85.4 cm³/mol. The van der Waals surface area contributed by atoms with Crippen molar-refractivity contribution in [3.63, 3.8) is 0 Å². The summed E-state index contributed by atoms with van der Waals surface area (Å²) in [5, 5.41) is 0.541. The molecular formula is C14H14N2O3S2. The predicted octanol–water partition coefficient (Wildman–Crippen LogP) is 1.87. The smallest absolute Gasteiger partial charge is 0.338 e. The van der Waals surface area contributed by atoms with E-state index in [0.29, 0.717) is 23.0 Å². The average molecular weight is 322 g/mol. The van der Waals surface area contributed by atoms with Crippen LogP contribution in [0.1, 0.15) is 17.3 Å². The topological polar surface area (TPSA) is 49.9 Å². The van der Waals surface area contributed by atoms with Crippen molar-refractivity contribution in [1.29, 1.82) is 0 Å². The van der Waals surface area contributed by atoms with Crippen LogP contribution in [0.25, 0.3) is 0 Å². The first-order valence-electron chi connectivity index (χ1n) is 6.63. The van der Waals surface area contributed by atoms with Crippen molar-refractivity contribution in [3.05, 3.63) is 29.8 Å². The van der Waals surface area contributed by atoms with Crippen molar-refractivity contribution in [3.8, 4) is 0 Å². The third kappa shape index (κ3) is 2.40. The van der Waals surface area contributed by atoms with E-state index in [2.05, 4.69) is 0 Å². The third-order valence-electron chi connectivity index (χ3n) is 3.46. The number of thioether (sulfide) groups is 1. The van der Waals surface area contributed by atoms with Crippen LogP contribution in [0.3, 0.4) is 0 Å². The zero-order valence-electron chi connectivity index (χ0n) is 11.4. The molecule has 1 atom stereocenters. The first-order chi connectivity index (χ1) is 10.1. The Bertz CT molecular complexity index is 581. The van der Waals surface area contributed by atoms with E-state index < -0.39 is 0 Å². The lowest BCUT2D eigenvalue weighted by molar-refractivity contribution is -0.118. The van der Waals surface area contributed by atoms with Gasteiger partial charge in [0, 0.05) is 5.75 Å². The molecule has 5 nitrogen and oxygen atoms in total. The maximum Gasteiger partial charge on any atom is 0.338 e. The van der Waals surface area contributed by atoms with Gasteiger partial charge in [0.25, 0.3) is 5.91 Å². The van der Waals surface area contributed by atoms with Crippen LogP contribution in [-0.4, -0.2) is 46.2 Å². The maximum absolute atomic E-state index is 12.4. The van der Waals surface area contributed by atoms with Crippen molar-refractivity contribution in [2.45, 2.75) is 13.0 Å². The molecule has 0 bridgehead atoms. The summed E-state index contributed by atoms with van der Waals surface area (Å²) >= 11 is 7.10. The van der Waals surface area contributed by atoms with Crippen LogP contribution in [0, 0.1) is 0 Å². The van der Waals surface area contributed by atoms with Gasteiger partial charge in [0.05, 0.1) is 23.7 Å². The molecule has 2 heterocycles. The second-order valence-corrected chi connectivity index (χ2v) is 6.07. The van der Waals surface area contributed by atoms with Gasteiger partial charge in [0.1, 0.15) is 6.04 Å². The van der Waals surface area contributed by atoms with E-state index in [0.717, 1.165) is 11.6 Å². The van der Waals surface area contributed by atoms with E-state index in [4.69, 9.17) is 17.0 Å². The van der Waals surface area contributed by atoms with Crippen LogP contribution in [-0.2, 0) is 9.53 Å². The molecule has 0 radical (unpaired) electrons. The van der Waals surface area contributed by atoms with Gasteiger partial charge < -0.3 is 9.64 Å². The number of nitrogens with zero attached hydrogens (tertiary/aromatic N) is 2. The molecule has 2 aliphatic rings. The normalized spacial score (nSPS) is 20.9. The fourth-order valence-corrected chi connectivity index (χ4v) is 4.03. The van der Waals surface area contributed by atoms with Gasteiger partial charge in [-0.05, 0) is 43.4 Å². The molecule has 0 aromatic heterocycles. The highest BCUT2D eigenvalue weighted by atomic mass is 32.2. The molecule has 0 N–H and O–H groups in total. The minimum atomic E-state index is -0.364. The Morgan fingerprint density at radius 1 is 1.43 bits per heavy atom. The van der Waals surface area contributed by atoms with Crippen molar-refractivity contribution >= 4 is 46.7 Å². The van der Waals surface area contributed by atoms with Crippen molar-refractivity contribution in [2.75, 3.05) is 23.1 Å². The molecule has 0 saturated carbocycles. The molecule has 0 spiro atoms. The zero-order valence-corrected chi connectivity index (χ0v) is 13.1. The maximum atomic E-state index is 12.4. The van der Waals surface area contributed by atoms with Gasteiger partial charge in [-0.2, -0.15) is 0 Å². The van der Waals surface area contributed by atoms with Gasteiger partial charge in [-0.1, -0.05) is 0 Å². The summed E-state index contributed by atoms with van der Waals surface area (Å²) in [6.45, 7) is 2.10. The molecule has 2 saturated heterocycles. The first-order valence-corrected chi connectivity index (χ1v) is 8.19. The van der Waals surface area contributed by atoms with Gasteiger partial charge in [0.15, 0.2) is 5.11 Å².